The molecule has 29 heavy (non-hydrogen) atoms. The number of nitrogens with zero attached hydrogens (tertiary/aromatic N) is 3. The summed E-state index contributed by atoms with van der Waals surface area (Å²) in [4.78, 5) is 31.3. The van der Waals surface area contributed by atoms with E-state index in [1.54, 1.807) is 18.1 Å². The van der Waals surface area contributed by atoms with E-state index in [4.69, 9.17) is 16.3 Å². The first-order valence-corrected chi connectivity index (χ1v) is 10.8. The van der Waals surface area contributed by atoms with Crippen LogP contribution in [0.4, 0.5) is 5.69 Å². The van der Waals surface area contributed by atoms with Gasteiger partial charge in [-0.3, -0.25) is 14.5 Å². The van der Waals surface area contributed by atoms with Crippen LogP contribution < -0.4 is 15.0 Å². The molecule has 2 heterocycles. The lowest BCUT2D eigenvalue weighted by atomic mass is 10.2. The number of hydrogen-bond donors (Lipinski definition) is 1. The number of hydrogen-bond acceptors (Lipinski definition) is 5. The minimum atomic E-state index is -0.505. The minimum Gasteiger partial charge on any atom is -0.495 e. The highest BCUT2D eigenvalue weighted by Gasteiger charge is 2.34. The molecule has 2 amide bonds. The molecule has 2 aliphatic heterocycles. The number of rotatable bonds is 6. The summed E-state index contributed by atoms with van der Waals surface area (Å²) in [6.07, 6.45) is 1.70. The molecular formula is C21H31ClN4O3. The van der Waals surface area contributed by atoms with Crippen LogP contribution in [0, 0.1) is 0 Å². The van der Waals surface area contributed by atoms with E-state index in [9.17, 15) is 9.59 Å². The number of carbonyl (C=O) groups excluding carboxylic acids is 2. The monoisotopic (exact) mass is 422 g/mol. The molecule has 160 valence electrons. The van der Waals surface area contributed by atoms with E-state index in [1.165, 1.54) is 0 Å². The molecule has 0 spiro atoms. The smallest absolute Gasteiger partial charge is 0.311 e. The third-order valence-electron chi connectivity index (χ3n) is 5.98. The first-order chi connectivity index (χ1) is 14.0. The molecule has 8 heteroatoms. The Morgan fingerprint density at radius 1 is 1.21 bits per heavy atom. The molecule has 0 saturated carbocycles. The van der Waals surface area contributed by atoms with E-state index in [-0.39, 0.29) is 6.04 Å². The Kier molecular flexibility index (Phi) is 7.24. The third kappa shape index (κ3) is 4.95. The quantitative estimate of drug-likeness (QED) is 0.710. The van der Waals surface area contributed by atoms with Gasteiger partial charge in [0, 0.05) is 43.3 Å². The van der Waals surface area contributed by atoms with Gasteiger partial charge in [-0.15, -0.1) is 0 Å². The van der Waals surface area contributed by atoms with Crippen LogP contribution in [0.1, 0.15) is 26.7 Å². The number of methoxy groups -OCH3 is 1. The van der Waals surface area contributed by atoms with Crippen LogP contribution >= 0.6 is 11.6 Å². The highest BCUT2D eigenvalue weighted by atomic mass is 35.5. The topological polar surface area (TPSA) is 65.1 Å². The fourth-order valence-corrected chi connectivity index (χ4v) is 4.53. The second-order valence-electron chi connectivity index (χ2n) is 7.64. The van der Waals surface area contributed by atoms with Gasteiger partial charge in [-0.25, -0.2) is 0 Å². The molecule has 0 aromatic heterocycles. The Hall–Kier alpha value is -1.99. The van der Waals surface area contributed by atoms with Gasteiger partial charge in [0.25, 0.3) is 0 Å². The molecule has 0 aliphatic carbocycles. The number of halogens is 1. The minimum absolute atomic E-state index is 0.0729. The lowest BCUT2D eigenvalue weighted by Crippen LogP contribution is -2.47. The van der Waals surface area contributed by atoms with Crippen LogP contribution in [0.2, 0.25) is 5.02 Å². The summed E-state index contributed by atoms with van der Waals surface area (Å²) >= 11 is 6.14. The fraction of sp³-hybridized carbons (Fsp3) is 0.619. The molecule has 2 unspecified atom stereocenters. The second kappa shape index (κ2) is 9.67. The molecule has 3 rings (SSSR count). The average Bonchev–Trinajstić information content (AvgIpc) is 3.38. The van der Waals surface area contributed by atoms with Crippen molar-refractivity contribution in [2.75, 3.05) is 51.3 Å². The highest BCUT2D eigenvalue weighted by Crippen LogP contribution is 2.33. The molecule has 2 saturated heterocycles. The molecule has 1 aromatic carbocycles. The summed E-state index contributed by atoms with van der Waals surface area (Å²) in [5, 5.41) is 3.56. The van der Waals surface area contributed by atoms with Crippen LogP contribution in [0.3, 0.4) is 0 Å². The predicted octanol–water partition coefficient (Wildman–Crippen LogP) is 1.99. The zero-order valence-corrected chi connectivity index (χ0v) is 18.2. The Bertz CT molecular complexity index is 741. The van der Waals surface area contributed by atoms with Gasteiger partial charge in [-0.2, -0.15) is 0 Å². The summed E-state index contributed by atoms with van der Waals surface area (Å²) in [5.74, 6) is -0.175. The van der Waals surface area contributed by atoms with E-state index >= 15 is 0 Å². The Labute approximate surface area is 177 Å². The number of nitrogens with one attached hydrogen (secondary N) is 1. The maximum Gasteiger partial charge on any atom is 0.311 e. The summed E-state index contributed by atoms with van der Waals surface area (Å²) in [6.45, 7) is 8.83. The van der Waals surface area contributed by atoms with Crippen LogP contribution in [-0.4, -0.2) is 80.1 Å². The number of ether oxygens (including phenoxy) is 1. The number of amides is 2. The standard InChI is InChI=1S/C21H31ClN4O3/c1-4-24(5-2)17-9-11-26(14-17)21(28)20(27)23-16-8-10-25(13-16)18-12-15(22)6-7-19(18)29-3/h6-7,12,16-17H,4-5,8-11,13-14H2,1-3H3,(H,23,27). The van der Waals surface area contributed by atoms with Crippen molar-refractivity contribution < 1.29 is 14.3 Å². The van der Waals surface area contributed by atoms with Gasteiger partial charge in [0.05, 0.1) is 12.8 Å². The normalized spacial score (nSPS) is 21.7. The Balaban J connectivity index is 1.54. The zero-order chi connectivity index (χ0) is 21.0. The molecule has 1 aromatic rings. The third-order valence-corrected chi connectivity index (χ3v) is 6.21. The van der Waals surface area contributed by atoms with Crippen LogP contribution in [-0.2, 0) is 9.59 Å². The zero-order valence-electron chi connectivity index (χ0n) is 17.5. The van der Waals surface area contributed by atoms with Crippen LogP contribution in [0.25, 0.3) is 0 Å². The van der Waals surface area contributed by atoms with E-state index < -0.39 is 11.8 Å². The van der Waals surface area contributed by atoms with Gasteiger partial charge in [-0.1, -0.05) is 25.4 Å². The highest BCUT2D eigenvalue weighted by molar-refractivity contribution is 6.35. The van der Waals surface area contributed by atoms with Gasteiger partial charge in [0.15, 0.2) is 0 Å². The van der Waals surface area contributed by atoms with Crippen molar-refractivity contribution in [2.24, 2.45) is 0 Å². The Morgan fingerprint density at radius 2 is 1.97 bits per heavy atom. The molecule has 2 atom stereocenters. The second-order valence-corrected chi connectivity index (χ2v) is 8.07. The SMILES string of the molecule is CCN(CC)C1CCN(C(=O)C(=O)NC2CCN(c3cc(Cl)ccc3OC)C2)C1. The Morgan fingerprint density at radius 3 is 2.66 bits per heavy atom. The fourth-order valence-electron chi connectivity index (χ4n) is 4.36. The van der Waals surface area contributed by atoms with Crippen molar-refractivity contribution in [2.45, 2.75) is 38.8 Å². The van der Waals surface area contributed by atoms with Crippen molar-refractivity contribution in [1.29, 1.82) is 0 Å². The summed E-state index contributed by atoms with van der Waals surface area (Å²) in [5.41, 5.74) is 0.907. The number of likely N-dealkylation sites (N-methyl/N-ethyl adjacent to an activating group) is 1. The van der Waals surface area contributed by atoms with Gasteiger partial charge < -0.3 is 19.9 Å². The van der Waals surface area contributed by atoms with E-state index in [1.807, 2.05) is 12.1 Å². The van der Waals surface area contributed by atoms with Gasteiger partial charge in [0.2, 0.25) is 0 Å². The van der Waals surface area contributed by atoms with Gasteiger partial charge >= 0.3 is 11.8 Å². The van der Waals surface area contributed by atoms with Gasteiger partial charge in [-0.05, 0) is 44.1 Å². The predicted molar refractivity (Wildman–Crippen MR) is 115 cm³/mol. The summed E-state index contributed by atoms with van der Waals surface area (Å²) < 4.78 is 5.43. The van der Waals surface area contributed by atoms with E-state index in [2.05, 4.69) is 29.0 Å². The van der Waals surface area contributed by atoms with Gasteiger partial charge in [0.1, 0.15) is 5.75 Å². The summed E-state index contributed by atoms with van der Waals surface area (Å²) in [6, 6.07) is 5.77. The molecule has 2 fully saturated rings. The first-order valence-electron chi connectivity index (χ1n) is 10.4. The number of carbonyl (C=O) groups is 2. The molecule has 1 N–H and O–H groups in total. The largest absolute Gasteiger partial charge is 0.495 e. The van der Waals surface area contributed by atoms with Crippen molar-refractivity contribution in [1.82, 2.24) is 15.1 Å². The van der Waals surface area contributed by atoms with Crippen molar-refractivity contribution in [3.05, 3.63) is 23.2 Å². The van der Waals surface area contributed by atoms with Crippen LogP contribution in [0.5, 0.6) is 5.75 Å². The van der Waals surface area contributed by atoms with Crippen LogP contribution in [0.15, 0.2) is 18.2 Å². The molecule has 7 nitrogen and oxygen atoms in total. The van der Waals surface area contributed by atoms with Crippen molar-refractivity contribution >= 4 is 29.1 Å². The molecule has 0 bridgehead atoms. The number of likely N-dealkylation sites (tertiary alicyclic amines) is 1. The average molecular weight is 423 g/mol. The maximum atomic E-state index is 12.6. The lowest BCUT2D eigenvalue weighted by Gasteiger charge is -2.26. The maximum absolute atomic E-state index is 12.6. The van der Waals surface area contributed by atoms with E-state index in [0.717, 1.165) is 43.9 Å². The summed E-state index contributed by atoms with van der Waals surface area (Å²) in [7, 11) is 1.63. The first kappa shape index (κ1) is 21.7. The van der Waals surface area contributed by atoms with E-state index in [0.29, 0.717) is 30.7 Å². The molecule has 2 aliphatic rings. The lowest BCUT2D eigenvalue weighted by molar-refractivity contribution is -0.145. The number of anilines is 1. The molecule has 0 radical (unpaired) electrons. The number of benzene rings is 1. The van der Waals surface area contributed by atoms with Crippen molar-refractivity contribution in [3.63, 3.8) is 0 Å². The van der Waals surface area contributed by atoms with Crippen molar-refractivity contribution in [3.8, 4) is 5.75 Å². The molecular weight excluding hydrogens is 392 g/mol.